The lowest BCUT2D eigenvalue weighted by molar-refractivity contribution is -0.123. The number of rotatable bonds is 8. The van der Waals surface area contributed by atoms with Crippen molar-refractivity contribution in [2.45, 2.75) is 39.7 Å². The first kappa shape index (κ1) is 20.6. The average molecular weight is 371 g/mol. The van der Waals surface area contributed by atoms with Gasteiger partial charge in [-0.1, -0.05) is 26.0 Å². The third-order valence-electron chi connectivity index (χ3n) is 4.52. The molecule has 2 aromatic rings. The second kappa shape index (κ2) is 9.31. The molecule has 27 heavy (non-hydrogen) atoms. The first-order chi connectivity index (χ1) is 12.8. The van der Waals surface area contributed by atoms with Gasteiger partial charge in [0.05, 0.1) is 20.3 Å². The van der Waals surface area contributed by atoms with Crippen molar-refractivity contribution >= 4 is 5.91 Å². The second-order valence-electron chi connectivity index (χ2n) is 6.87. The van der Waals surface area contributed by atoms with Gasteiger partial charge in [-0.25, -0.2) is 0 Å². The van der Waals surface area contributed by atoms with Crippen molar-refractivity contribution < 1.29 is 19.0 Å². The number of nitrogens with one attached hydrogen (secondary N) is 1. The first-order valence-corrected chi connectivity index (χ1v) is 9.10. The Morgan fingerprint density at radius 2 is 1.74 bits per heavy atom. The molecule has 0 bridgehead atoms. The third kappa shape index (κ3) is 5.39. The monoisotopic (exact) mass is 371 g/mol. The highest BCUT2D eigenvalue weighted by atomic mass is 16.5. The molecule has 0 aliphatic carbocycles. The summed E-state index contributed by atoms with van der Waals surface area (Å²) in [7, 11) is 3.21. The fraction of sp³-hybridized carbons (Fsp3) is 0.409. The smallest absolute Gasteiger partial charge is 0.258 e. The van der Waals surface area contributed by atoms with E-state index in [1.54, 1.807) is 14.2 Å². The summed E-state index contributed by atoms with van der Waals surface area (Å²) >= 11 is 0. The van der Waals surface area contributed by atoms with Gasteiger partial charge in [0.15, 0.2) is 6.61 Å². The van der Waals surface area contributed by atoms with E-state index in [4.69, 9.17) is 14.2 Å². The molecule has 5 heteroatoms. The Labute approximate surface area is 161 Å². The Morgan fingerprint density at radius 3 is 2.37 bits per heavy atom. The molecule has 1 amide bonds. The SMILES string of the molecule is COc1ccc(OC)c([C@@H](C)NC(=O)COc2cc(C(C)C)ccc2C)c1. The van der Waals surface area contributed by atoms with Gasteiger partial charge in [0, 0.05) is 5.56 Å². The number of hydrogen-bond acceptors (Lipinski definition) is 4. The highest BCUT2D eigenvalue weighted by Gasteiger charge is 2.16. The van der Waals surface area contributed by atoms with Gasteiger partial charge in [-0.2, -0.15) is 0 Å². The Balaban J connectivity index is 2.03. The Morgan fingerprint density at radius 1 is 1.00 bits per heavy atom. The minimum absolute atomic E-state index is 0.0426. The molecule has 0 aromatic heterocycles. The molecule has 0 saturated heterocycles. The number of methoxy groups -OCH3 is 2. The molecule has 1 atom stereocenters. The zero-order chi connectivity index (χ0) is 20.0. The average Bonchev–Trinajstić information content (AvgIpc) is 2.66. The molecule has 0 aliphatic heterocycles. The second-order valence-corrected chi connectivity index (χ2v) is 6.87. The predicted molar refractivity (Wildman–Crippen MR) is 107 cm³/mol. The molecule has 0 saturated carbocycles. The fourth-order valence-corrected chi connectivity index (χ4v) is 2.81. The van der Waals surface area contributed by atoms with Gasteiger partial charge < -0.3 is 19.5 Å². The van der Waals surface area contributed by atoms with E-state index in [0.717, 1.165) is 16.9 Å². The van der Waals surface area contributed by atoms with E-state index in [9.17, 15) is 4.79 Å². The molecular formula is C22H29NO4. The molecule has 5 nitrogen and oxygen atoms in total. The first-order valence-electron chi connectivity index (χ1n) is 9.10. The van der Waals surface area contributed by atoms with Crippen molar-refractivity contribution in [3.8, 4) is 17.2 Å². The van der Waals surface area contributed by atoms with Crippen LogP contribution >= 0.6 is 0 Å². The van der Waals surface area contributed by atoms with Crippen LogP contribution in [-0.4, -0.2) is 26.7 Å². The number of carbonyl (C=O) groups is 1. The zero-order valence-corrected chi connectivity index (χ0v) is 17.0. The van der Waals surface area contributed by atoms with Crippen LogP contribution in [0.5, 0.6) is 17.2 Å². The number of aryl methyl sites for hydroxylation is 1. The zero-order valence-electron chi connectivity index (χ0n) is 17.0. The largest absolute Gasteiger partial charge is 0.497 e. The van der Waals surface area contributed by atoms with Crippen LogP contribution in [0.2, 0.25) is 0 Å². The Bertz CT molecular complexity index is 786. The van der Waals surface area contributed by atoms with Crippen molar-refractivity contribution in [3.05, 3.63) is 53.1 Å². The lowest BCUT2D eigenvalue weighted by atomic mass is 10.0. The molecule has 0 spiro atoms. The molecule has 2 aromatic carbocycles. The molecule has 1 N–H and O–H groups in total. The molecule has 2 rings (SSSR count). The molecule has 146 valence electrons. The van der Waals surface area contributed by atoms with Crippen LogP contribution in [0.4, 0.5) is 0 Å². The van der Waals surface area contributed by atoms with E-state index in [1.807, 2.05) is 44.2 Å². The van der Waals surface area contributed by atoms with Crippen LogP contribution < -0.4 is 19.5 Å². The summed E-state index contributed by atoms with van der Waals surface area (Å²) in [5, 5.41) is 2.95. The van der Waals surface area contributed by atoms with Gasteiger partial charge in [-0.3, -0.25) is 4.79 Å². The summed E-state index contributed by atoms with van der Waals surface area (Å²) in [5.41, 5.74) is 3.04. The quantitative estimate of drug-likeness (QED) is 0.748. The standard InChI is InChI=1S/C22H29NO4/c1-14(2)17-8-7-15(3)21(11-17)27-13-22(24)23-16(4)19-12-18(25-5)9-10-20(19)26-6/h7-12,14,16H,13H2,1-6H3,(H,23,24)/t16-/m1/s1. The van der Waals surface area contributed by atoms with E-state index in [0.29, 0.717) is 17.4 Å². The van der Waals surface area contributed by atoms with Gasteiger partial charge in [0.25, 0.3) is 5.91 Å². The molecule has 0 heterocycles. The minimum atomic E-state index is -0.241. The molecule has 0 unspecified atom stereocenters. The number of hydrogen-bond donors (Lipinski definition) is 1. The third-order valence-corrected chi connectivity index (χ3v) is 4.52. The van der Waals surface area contributed by atoms with E-state index in [1.165, 1.54) is 5.56 Å². The van der Waals surface area contributed by atoms with E-state index in [-0.39, 0.29) is 18.6 Å². The summed E-state index contributed by atoms with van der Waals surface area (Å²) in [6.45, 7) is 8.09. The maximum Gasteiger partial charge on any atom is 0.258 e. The molecule has 0 aliphatic rings. The van der Waals surface area contributed by atoms with Crippen LogP contribution in [0.15, 0.2) is 36.4 Å². The number of ether oxygens (including phenoxy) is 3. The van der Waals surface area contributed by atoms with Gasteiger partial charge in [0.1, 0.15) is 17.2 Å². The predicted octanol–water partition coefficient (Wildman–Crippen LogP) is 4.39. The lowest BCUT2D eigenvalue weighted by Gasteiger charge is -2.19. The van der Waals surface area contributed by atoms with Crippen LogP contribution in [0.25, 0.3) is 0 Å². The van der Waals surface area contributed by atoms with Crippen molar-refractivity contribution in [3.63, 3.8) is 0 Å². The highest BCUT2D eigenvalue weighted by molar-refractivity contribution is 5.78. The Hall–Kier alpha value is -2.69. The molecular weight excluding hydrogens is 342 g/mol. The number of amides is 1. The fourth-order valence-electron chi connectivity index (χ4n) is 2.81. The highest BCUT2D eigenvalue weighted by Crippen LogP contribution is 2.29. The lowest BCUT2D eigenvalue weighted by Crippen LogP contribution is -2.31. The summed E-state index contributed by atoms with van der Waals surface area (Å²) in [4.78, 5) is 12.4. The normalized spacial score (nSPS) is 11.8. The van der Waals surface area contributed by atoms with Gasteiger partial charge in [-0.15, -0.1) is 0 Å². The van der Waals surface area contributed by atoms with Crippen LogP contribution in [0.3, 0.4) is 0 Å². The van der Waals surface area contributed by atoms with Crippen LogP contribution in [0.1, 0.15) is 49.4 Å². The number of carbonyl (C=O) groups excluding carboxylic acids is 1. The molecule has 0 radical (unpaired) electrons. The van der Waals surface area contributed by atoms with Gasteiger partial charge in [-0.05, 0) is 55.2 Å². The number of benzene rings is 2. The van der Waals surface area contributed by atoms with Crippen LogP contribution in [-0.2, 0) is 4.79 Å². The van der Waals surface area contributed by atoms with E-state index < -0.39 is 0 Å². The minimum Gasteiger partial charge on any atom is -0.497 e. The summed E-state index contributed by atoms with van der Waals surface area (Å²) in [6, 6.07) is 11.4. The van der Waals surface area contributed by atoms with Crippen LogP contribution in [0, 0.1) is 6.92 Å². The van der Waals surface area contributed by atoms with Gasteiger partial charge >= 0.3 is 0 Å². The van der Waals surface area contributed by atoms with Crippen molar-refractivity contribution in [2.24, 2.45) is 0 Å². The van der Waals surface area contributed by atoms with E-state index in [2.05, 4.69) is 25.2 Å². The van der Waals surface area contributed by atoms with Gasteiger partial charge in [0.2, 0.25) is 0 Å². The topological polar surface area (TPSA) is 56.8 Å². The summed E-state index contributed by atoms with van der Waals surface area (Å²) in [5.74, 6) is 2.36. The summed E-state index contributed by atoms with van der Waals surface area (Å²) < 4.78 is 16.4. The summed E-state index contributed by atoms with van der Waals surface area (Å²) in [6.07, 6.45) is 0. The van der Waals surface area contributed by atoms with E-state index >= 15 is 0 Å². The van der Waals surface area contributed by atoms with Crippen molar-refractivity contribution in [1.29, 1.82) is 0 Å². The Kier molecular flexibility index (Phi) is 7.11. The maximum absolute atomic E-state index is 12.4. The van der Waals surface area contributed by atoms with Crippen molar-refractivity contribution in [1.82, 2.24) is 5.32 Å². The molecule has 0 fully saturated rings. The van der Waals surface area contributed by atoms with Crippen molar-refractivity contribution in [2.75, 3.05) is 20.8 Å². The maximum atomic E-state index is 12.4.